The number of anilines is 1. The molecule has 2 heterocycles. The minimum absolute atomic E-state index is 0.114. The fourth-order valence-electron chi connectivity index (χ4n) is 3.17. The van der Waals surface area contributed by atoms with Gasteiger partial charge in [0.05, 0.1) is 18.6 Å². The summed E-state index contributed by atoms with van der Waals surface area (Å²) in [4.78, 5) is 26.7. The molecule has 6 nitrogen and oxygen atoms in total. The van der Waals surface area contributed by atoms with Crippen LogP contribution < -0.4 is 10.6 Å². The number of thiophene rings is 1. The van der Waals surface area contributed by atoms with Gasteiger partial charge in [-0.1, -0.05) is 0 Å². The maximum absolute atomic E-state index is 14.0. The van der Waals surface area contributed by atoms with Crippen LogP contribution in [0.5, 0.6) is 0 Å². The molecule has 8 heteroatoms. The molecule has 1 fully saturated rings. The molecule has 1 aliphatic rings. The number of amides is 2. The molecule has 1 saturated heterocycles. The van der Waals surface area contributed by atoms with Crippen molar-refractivity contribution in [3.63, 3.8) is 0 Å². The zero-order chi connectivity index (χ0) is 19.4. The summed E-state index contributed by atoms with van der Waals surface area (Å²) < 4.78 is 19.4. The van der Waals surface area contributed by atoms with Crippen LogP contribution in [-0.2, 0) is 16.0 Å². The molecule has 1 aromatic carbocycles. The molecule has 0 aliphatic carbocycles. The van der Waals surface area contributed by atoms with Gasteiger partial charge in [0.1, 0.15) is 5.82 Å². The predicted octanol–water partition coefficient (Wildman–Crippen LogP) is 2.13. The lowest BCUT2D eigenvalue weighted by atomic mass is 10.1. The van der Waals surface area contributed by atoms with E-state index in [2.05, 4.69) is 15.5 Å². The first-order chi connectivity index (χ1) is 12.9. The summed E-state index contributed by atoms with van der Waals surface area (Å²) in [5, 5.41) is 9.31. The van der Waals surface area contributed by atoms with Crippen LogP contribution in [0.4, 0.5) is 10.1 Å². The Hall–Kier alpha value is -2.29. The lowest BCUT2D eigenvalue weighted by Gasteiger charge is -2.18. The number of likely N-dealkylation sites (N-methyl/N-ethyl adjacent to an activating group) is 1. The summed E-state index contributed by atoms with van der Waals surface area (Å²) >= 11 is 1.51. The van der Waals surface area contributed by atoms with Gasteiger partial charge in [-0.25, -0.2) is 4.39 Å². The Bertz CT molecular complexity index is 813. The number of ether oxygens (including phenoxy) is 1. The standard InChI is InChI=1S/C19H22FN3O3S/c1-23-9-16(17(10-23)26-2)22-19(25)13-6-14(20)8-15(7-13)21-18(24)5-12-3-4-27-11-12/h3-4,6-8,11,16-17H,5,9-10H2,1-2H3,(H,21,24)(H,22,25)/t16-,17-/m0/s1. The highest BCUT2D eigenvalue weighted by Crippen LogP contribution is 2.17. The maximum atomic E-state index is 14.0. The quantitative estimate of drug-likeness (QED) is 0.792. The SMILES string of the molecule is CO[C@H]1CN(C)C[C@@H]1NC(=O)c1cc(F)cc(NC(=O)Cc2ccsc2)c1. The Labute approximate surface area is 161 Å². The smallest absolute Gasteiger partial charge is 0.251 e. The number of carbonyl (C=O) groups excluding carboxylic acids is 2. The molecule has 27 heavy (non-hydrogen) atoms. The fraction of sp³-hybridized carbons (Fsp3) is 0.368. The van der Waals surface area contributed by atoms with Gasteiger partial charge in [-0.3, -0.25) is 9.59 Å². The van der Waals surface area contributed by atoms with Crippen molar-refractivity contribution in [2.45, 2.75) is 18.6 Å². The van der Waals surface area contributed by atoms with Gasteiger partial charge < -0.3 is 20.3 Å². The molecule has 1 aromatic heterocycles. The van der Waals surface area contributed by atoms with E-state index in [9.17, 15) is 14.0 Å². The van der Waals surface area contributed by atoms with Crippen molar-refractivity contribution < 1.29 is 18.7 Å². The molecule has 2 amide bonds. The monoisotopic (exact) mass is 391 g/mol. The van der Waals surface area contributed by atoms with E-state index in [-0.39, 0.29) is 35.7 Å². The first-order valence-corrected chi connectivity index (χ1v) is 9.52. The van der Waals surface area contributed by atoms with Gasteiger partial charge in [0.2, 0.25) is 5.91 Å². The molecule has 0 saturated carbocycles. The number of likely N-dealkylation sites (tertiary alicyclic amines) is 1. The summed E-state index contributed by atoms with van der Waals surface area (Å²) in [5.41, 5.74) is 1.31. The lowest BCUT2D eigenvalue weighted by molar-refractivity contribution is -0.115. The van der Waals surface area contributed by atoms with Crippen LogP contribution in [0.15, 0.2) is 35.0 Å². The van der Waals surface area contributed by atoms with Crippen LogP contribution in [-0.4, -0.2) is 56.1 Å². The second-order valence-corrected chi connectivity index (χ2v) is 7.44. The van der Waals surface area contributed by atoms with Gasteiger partial charge in [0, 0.05) is 31.5 Å². The van der Waals surface area contributed by atoms with Crippen LogP contribution in [0.1, 0.15) is 15.9 Å². The molecule has 2 atom stereocenters. The molecule has 2 aromatic rings. The molecule has 3 rings (SSSR count). The molecule has 144 valence electrons. The molecular weight excluding hydrogens is 369 g/mol. The summed E-state index contributed by atoms with van der Waals surface area (Å²) in [6, 6.07) is 5.52. The molecule has 1 aliphatic heterocycles. The van der Waals surface area contributed by atoms with Crippen LogP contribution >= 0.6 is 11.3 Å². The van der Waals surface area contributed by atoms with E-state index in [1.807, 2.05) is 23.9 Å². The summed E-state index contributed by atoms with van der Waals surface area (Å²) in [5.74, 6) is -1.24. The zero-order valence-electron chi connectivity index (χ0n) is 15.2. The van der Waals surface area contributed by atoms with Crippen molar-refractivity contribution in [1.82, 2.24) is 10.2 Å². The highest BCUT2D eigenvalue weighted by atomic mass is 32.1. The molecule has 0 radical (unpaired) electrons. The van der Waals surface area contributed by atoms with E-state index in [4.69, 9.17) is 4.74 Å². The zero-order valence-corrected chi connectivity index (χ0v) is 16.0. The van der Waals surface area contributed by atoms with Gasteiger partial charge in [-0.15, -0.1) is 0 Å². The van der Waals surface area contributed by atoms with Gasteiger partial charge in [0.25, 0.3) is 5.91 Å². The van der Waals surface area contributed by atoms with Crippen molar-refractivity contribution in [2.75, 3.05) is 32.6 Å². The summed E-state index contributed by atoms with van der Waals surface area (Å²) in [6.45, 7) is 1.37. The van der Waals surface area contributed by atoms with Crippen molar-refractivity contribution in [3.05, 3.63) is 52.0 Å². The highest BCUT2D eigenvalue weighted by molar-refractivity contribution is 7.08. The van der Waals surface area contributed by atoms with Gasteiger partial charge in [-0.05, 0) is 47.6 Å². The Morgan fingerprint density at radius 2 is 2.15 bits per heavy atom. The van der Waals surface area contributed by atoms with E-state index in [0.717, 1.165) is 11.6 Å². The van der Waals surface area contributed by atoms with Crippen LogP contribution in [0, 0.1) is 5.82 Å². The Kier molecular flexibility index (Phi) is 6.20. The van der Waals surface area contributed by atoms with Crippen LogP contribution in [0.25, 0.3) is 0 Å². The average Bonchev–Trinajstić information content (AvgIpc) is 3.23. The number of halogens is 1. The van der Waals surface area contributed by atoms with Gasteiger partial charge in [0.15, 0.2) is 0 Å². The van der Waals surface area contributed by atoms with Crippen molar-refractivity contribution in [3.8, 4) is 0 Å². The number of hydrogen-bond donors (Lipinski definition) is 2. The summed E-state index contributed by atoms with van der Waals surface area (Å²) in [7, 11) is 3.55. The maximum Gasteiger partial charge on any atom is 0.251 e. The van der Waals surface area contributed by atoms with Crippen LogP contribution in [0.2, 0.25) is 0 Å². The van der Waals surface area contributed by atoms with E-state index < -0.39 is 11.7 Å². The van der Waals surface area contributed by atoms with Crippen molar-refractivity contribution >= 4 is 28.8 Å². The number of benzene rings is 1. The molecule has 0 spiro atoms. The Balaban J connectivity index is 1.67. The van der Waals surface area contributed by atoms with E-state index in [1.165, 1.54) is 23.5 Å². The van der Waals surface area contributed by atoms with Crippen molar-refractivity contribution in [2.24, 2.45) is 0 Å². The van der Waals surface area contributed by atoms with E-state index >= 15 is 0 Å². The average molecular weight is 391 g/mol. The number of rotatable bonds is 6. The second kappa shape index (κ2) is 8.60. The van der Waals surface area contributed by atoms with E-state index in [1.54, 1.807) is 7.11 Å². The van der Waals surface area contributed by atoms with E-state index in [0.29, 0.717) is 13.1 Å². The minimum Gasteiger partial charge on any atom is -0.378 e. The number of nitrogens with one attached hydrogen (secondary N) is 2. The number of nitrogens with zero attached hydrogens (tertiary/aromatic N) is 1. The highest BCUT2D eigenvalue weighted by Gasteiger charge is 2.32. The number of carbonyl (C=O) groups is 2. The largest absolute Gasteiger partial charge is 0.378 e. The minimum atomic E-state index is -0.583. The first-order valence-electron chi connectivity index (χ1n) is 8.58. The third-order valence-corrected chi connectivity index (χ3v) is 5.19. The number of hydrogen-bond acceptors (Lipinski definition) is 5. The normalized spacial score (nSPS) is 19.8. The molecule has 0 bridgehead atoms. The van der Waals surface area contributed by atoms with Gasteiger partial charge in [-0.2, -0.15) is 11.3 Å². The molecular formula is C19H22FN3O3S. The fourth-order valence-corrected chi connectivity index (χ4v) is 3.84. The number of methoxy groups -OCH3 is 1. The van der Waals surface area contributed by atoms with Crippen LogP contribution in [0.3, 0.4) is 0 Å². The molecule has 2 N–H and O–H groups in total. The summed E-state index contributed by atoms with van der Waals surface area (Å²) in [6.07, 6.45) is 0.0863. The third kappa shape index (κ3) is 5.12. The Morgan fingerprint density at radius 3 is 2.85 bits per heavy atom. The first kappa shape index (κ1) is 19.5. The Morgan fingerprint density at radius 1 is 1.33 bits per heavy atom. The predicted molar refractivity (Wildman–Crippen MR) is 103 cm³/mol. The third-order valence-electron chi connectivity index (χ3n) is 4.46. The topological polar surface area (TPSA) is 70.7 Å². The van der Waals surface area contributed by atoms with Gasteiger partial charge >= 0.3 is 0 Å². The molecule has 0 unspecified atom stereocenters. The second-order valence-electron chi connectivity index (χ2n) is 6.66. The lowest BCUT2D eigenvalue weighted by Crippen LogP contribution is -2.43. The van der Waals surface area contributed by atoms with Crippen molar-refractivity contribution in [1.29, 1.82) is 0 Å².